The Kier molecular flexibility index (Phi) is 4.97. The molecule has 122 valence electrons. The number of carboxylic acids is 1. The fourth-order valence-electron chi connectivity index (χ4n) is 1.88. The van der Waals surface area contributed by atoms with Gasteiger partial charge in [0.05, 0.1) is 4.90 Å². The van der Waals surface area contributed by atoms with Gasteiger partial charge in [0, 0.05) is 5.69 Å². The van der Waals surface area contributed by atoms with Crippen molar-refractivity contribution in [3.8, 4) is 0 Å². The Morgan fingerprint density at radius 2 is 1.70 bits per heavy atom. The minimum atomic E-state index is -3.81. The van der Waals surface area contributed by atoms with Gasteiger partial charge in [0.15, 0.2) is 0 Å². The molecule has 0 saturated carbocycles. The van der Waals surface area contributed by atoms with Crippen LogP contribution in [-0.2, 0) is 21.2 Å². The lowest BCUT2D eigenvalue weighted by atomic mass is 10.1. The van der Waals surface area contributed by atoms with Gasteiger partial charge in [-0.2, -0.15) is 0 Å². The molecule has 6 nitrogen and oxygen atoms in total. The van der Waals surface area contributed by atoms with Gasteiger partial charge < -0.3 is 10.8 Å². The van der Waals surface area contributed by atoms with Gasteiger partial charge in [-0.15, -0.1) is 0 Å². The predicted molar refractivity (Wildman–Crippen MR) is 83.0 cm³/mol. The lowest BCUT2D eigenvalue weighted by Crippen LogP contribution is -2.32. The number of anilines is 1. The van der Waals surface area contributed by atoms with Gasteiger partial charge in [0.1, 0.15) is 11.9 Å². The van der Waals surface area contributed by atoms with E-state index in [0.29, 0.717) is 5.56 Å². The Hall–Kier alpha value is -2.45. The van der Waals surface area contributed by atoms with Crippen LogP contribution >= 0.6 is 0 Å². The number of sulfonamides is 1. The van der Waals surface area contributed by atoms with Crippen LogP contribution in [-0.4, -0.2) is 25.5 Å². The monoisotopic (exact) mass is 338 g/mol. The van der Waals surface area contributed by atoms with Crippen molar-refractivity contribution >= 4 is 21.7 Å². The SMILES string of the molecule is N[C@@H](Cc1ccc(S(=O)(=O)Nc2ccc(F)cc2)cc1)C(=O)O. The third-order valence-electron chi connectivity index (χ3n) is 3.10. The molecule has 0 aliphatic carbocycles. The molecule has 0 unspecified atom stereocenters. The minimum Gasteiger partial charge on any atom is -0.480 e. The summed E-state index contributed by atoms with van der Waals surface area (Å²) in [4.78, 5) is 10.7. The molecule has 2 rings (SSSR count). The van der Waals surface area contributed by atoms with Gasteiger partial charge in [-0.05, 0) is 48.4 Å². The van der Waals surface area contributed by atoms with Gasteiger partial charge in [0.25, 0.3) is 10.0 Å². The number of rotatable bonds is 6. The second-order valence-corrected chi connectivity index (χ2v) is 6.59. The second-order valence-electron chi connectivity index (χ2n) is 4.91. The smallest absolute Gasteiger partial charge is 0.320 e. The average molecular weight is 338 g/mol. The van der Waals surface area contributed by atoms with E-state index in [0.717, 1.165) is 12.1 Å². The lowest BCUT2D eigenvalue weighted by molar-refractivity contribution is -0.138. The maximum atomic E-state index is 12.8. The van der Waals surface area contributed by atoms with Crippen molar-refractivity contribution < 1.29 is 22.7 Å². The molecule has 0 heterocycles. The second kappa shape index (κ2) is 6.76. The fourth-order valence-corrected chi connectivity index (χ4v) is 2.94. The molecule has 0 aromatic heterocycles. The molecule has 0 radical (unpaired) electrons. The zero-order valence-corrected chi connectivity index (χ0v) is 12.8. The van der Waals surface area contributed by atoms with Crippen molar-refractivity contribution in [1.82, 2.24) is 0 Å². The number of aliphatic carboxylic acids is 1. The maximum Gasteiger partial charge on any atom is 0.320 e. The zero-order valence-electron chi connectivity index (χ0n) is 11.9. The highest BCUT2D eigenvalue weighted by molar-refractivity contribution is 7.92. The van der Waals surface area contributed by atoms with Crippen molar-refractivity contribution in [2.45, 2.75) is 17.4 Å². The Bertz CT molecular complexity index is 789. The summed E-state index contributed by atoms with van der Waals surface area (Å²) in [6.07, 6.45) is 0.0983. The molecular formula is C15H15FN2O4S. The summed E-state index contributed by atoms with van der Waals surface area (Å²) in [6, 6.07) is 9.59. The average Bonchev–Trinajstić information content (AvgIpc) is 2.50. The maximum absolute atomic E-state index is 12.8. The summed E-state index contributed by atoms with van der Waals surface area (Å²) in [7, 11) is -3.81. The van der Waals surface area contributed by atoms with E-state index in [4.69, 9.17) is 10.8 Å². The molecule has 2 aromatic carbocycles. The van der Waals surface area contributed by atoms with E-state index in [2.05, 4.69) is 4.72 Å². The number of nitrogens with two attached hydrogens (primary N) is 1. The fraction of sp³-hybridized carbons (Fsp3) is 0.133. The highest BCUT2D eigenvalue weighted by Gasteiger charge is 2.16. The highest BCUT2D eigenvalue weighted by atomic mass is 32.2. The molecular weight excluding hydrogens is 323 g/mol. The molecule has 0 amide bonds. The Morgan fingerprint density at radius 3 is 2.22 bits per heavy atom. The third kappa shape index (κ3) is 4.51. The van der Waals surface area contributed by atoms with E-state index < -0.39 is 27.9 Å². The Balaban J connectivity index is 2.14. The summed E-state index contributed by atoms with van der Waals surface area (Å²) in [5.74, 6) is -1.59. The van der Waals surface area contributed by atoms with Crippen molar-refractivity contribution in [2.24, 2.45) is 5.73 Å². The lowest BCUT2D eigenvalue weighted by Gasteiger charge is -2.10. The van der Waals surface area contributed by atoms with Crippen LogP contribution in [0.2, 0.25) is 0 Å². The first-order valence-electron chi connectivity index (χ1n) is 6.63. The number of hydrogen-bond donors (Lipinski definition) is 3. The van der Waals surface area contributed by atoms with Crippen molar-refractivity contribution in [3.05, 3.63) is 59.9 Å². The summed E-state index contributed by atoms with van der Waals surface area (Å²) >= 11 is 0. The number of hydrogen-bond acceptors (Lipinski definition) is 4. The van der Waals surface area contributed by atoms with Crippen LogP contribution in [0.4, 0.5) is 10.1 Å². The van der Waals surface area contributed by atoms with E-state index in [1.165, 1.54) is 36.4 Å². The molecule has 0 saturated heterocycles. The van der Waals surface area contributed by atoms with Gasteiger partial charge in [-0.25, -0.2) is 12.8 Å². The van der Waals surface area contributed by atoms with Gasteiger partial charge >= 0.3 is 5.97 Å². The van der Waals surface area contributed by atoms with E-state index in [1.54, 1.807) is 0 Å². The van der Waals surface area contributed by atoms with E-state index in [1.807, 2.05) is 0 Å². The predicted octanol–water partition coefficient (Wildman–Crippen LogP) is 1.58. The molecule has 0 spiro atoms. The highest BCUT2D eigenvalue weighted by Crippen LogP contribution is 2.17. The topological polar surface area (TPSA) is 109 Å². The summed E-state index contributed by atoms with van der Waals surface area (Å²) in [6.45, 7) is 0. The van der Waals surface area contributed by atoms with E-state index >= 15 is 0 Å². The molecule has 2 aromatic rings. The normalized spacial score (nSPS) is 12.6. The van der Waals surface area contributed by atoms with Crippen LogP contribution in [0.15, 0.2) is 53.4 Å². The molecule has 0 aliphatic heterocycles. The third-order valence-corrected chi connectivity index (χ3v) is 4.50. The van der Waals surface area contributed by atoms with E-state index in [9.17, 15) is 17.6 Å². The van der Waals surface area contributed by atoms with Crippen LogP contribution in [0.1, 0.15) is 5.56 Å². The Labute approximate surface area is 132 Å². The number of nitrogens with one attached hydrogen (secondary N) is 1. The molecule has 8 heteroatoms. The van der Waals surface area contributed by atoms with Gasteiger partial charge in [-0.3, -0.25) is 9.52 Å². The van der Waals surface area contributed by atoms with Crippen LogP contribution in [0.3, 0.4) is 0 Å². The standard InChI is InChI=1S/C15H15FN2O4S/c16-11-3-5-12(6-4-11)18-23(21,22)13-7-1-10(2-8-13)9-14(17)15(19)20/h1-8,14,18H,9,17H2,(H,19,20)/t14-/m0/s1. The molecule has 0 bridgehead atoms. The van der Waals surface area contributed by atoms with Crippen LogP contribution in [0.25, 0.3) is 0 Å². The minimum absolute atomic E-state index is 0.00877. The molecule has 1 atom stereocenters. The number of carboxylic acid groups (broad SMARTS) is 1. The first-order valence-corrected chi connectivity index (χ1v) is 8.12. The van der Waals surface area contributed by atoms with Crippen LogP contribution in [0.5, 0.6) is 0 Å². The molecule has 0 aliphatic rings. The first kappa shape index (κ1) is 16.9. The summed E-state index contributed by atoms with van der Waals surface area (Å²) < 4.78 is 39.6. The van der Waals surface area contributed by atoms with Crippen molar-refractivity contribution in [3.63, 3.8) is 0 Å². The molecule has 0 fully saturated rings. The molecule has 23 heavy (non-hydrogen) atoms. The first-order chi connectivity index (χ1) is 10.8. The Morgan fingerprint density at radius 1 is 1.13 bits per heavy atom. The van der Waals surface area contributed by atoms with Crippen LogP contribution in [0, 0.1) is 5.82 Å². The number of halogens is 1. The number of benzene rings is 2. The molecule has 4 N–H and O–H groups in total. The van der Waals surface area contributed by atoms with Crippen molar-refractivity contribution in [2.75, 3.05) is 4.72 Å². The number of carbonyl (C=O) groups is 1. The van der Waals surface area contributed by atoms with Crippen molar-refractivity contribution in [1.29, 1.82) is 0 Å². The van der Waals surface area contributed by atoms with E-state index in [-0.39, 0.29) is 17.0 Å². The van der Waals surface area contributed by atoms with Gasteiger partial charge in [0.2, 0.25) is 0 Å². The summed E-state index contributed by atoms with van der Waals surface area (Å²) in [5, 5.41) is 8.75. The quantitative estimate of drug-likeness (QED) is 0.741. The largest absolute Gasteiger partial charge is 0.480 e. The summed E-state index contributed by atoms with van der Waals surface area (Å²) in [5.41, 5.74) is 6.28. The van der Waals surface area contributed by atoms with Gasteiger partial charge in [-0.1, -0.05) is 12.1 Å². The zero-order chi connectivity index (χ0) is 17.0. The van der Waals surface area contributed by atoms with Crippen LogP contribution < -0.4 is 10.5 Å².